The second kappa shape index (κ2) is 10.3. The van der Waals surface area contributed by atoms with Crippen LogP contribution in [0.2, 0.25) is 0 Å². The van der Waals surface area contributed by atoms with Crippen LogP contribution in [0.1, 0.15) is 24.0 Å². The Morgan fingerprint density at radius 2 is 1.69 bits per heavy atom. The van der Waals surface area contributed by atoms with E-state index in [1.807, 2.05) is 30.0 Å². The number of nitrogens with zero attached hydrogens (tertiary/aromatic N) is 3. The van der Waals surface area contributed by atoms with Gasteiger partial charge < -0.3 is 19.1 Å². The molecule has 0 saturated carbocycles. The van der Waals surface area contributed by atoms with Crippen molar-refractivity contribution in [1.29, 1.82) is 0 Å². The first-order chi connectivity index (χ1) is 17.3. The van der Waals surface area contributed by atoms with Crippen LogP contribution < -0.4 is 14.2 Å². The number of benzene rings is 2. The molecule has 0 radical (unpaired) electrons. The van der Waals surface area contributed by atoms with Crippen molar-refractivity contribution in [2.24, 2.45) is 5.92 Å². The zero-order chi connectivity index (χ0) is 25.3. The predicted octanol–water partition coefficient (Wildman–Crippen LogP) is 2.48. The van der Waals surface area contributed by atoms with E-state index in [0.717, 1.165) is 42.3 Å². The number of carbonyl (C=O) groups is 1. The molecule has 0 N–H and O–H groups in total. The normalized spacial score (nSPS) is 19.4. The molecule has 194 valence electrons. The van der Waals surface area contributed by atoms with Crippen molar-refractivity contribution in [3.63, 3.8) is 0 Å². The van der Waals surface area contributed by atoms with E-state index in [4.69, 9.17) is 14.2 Å². The number of hydrogen-bond acceptors (Lipinski definition) is 7. The molecule has 0 spiro atoms. The highest BCUT2D eigenvalue weighted by Gasteiger charge is 2.35. The van der Waals surface area contributed by atoms with Crippen molar-refractivity contribution < 1.29 is 27.4 Å². The van der Waals surface area contributed by atoms with Crippen molar-refractivity contribution in [2.75, 3.05) is 53.2 Å². The largest absolute Gasteiger partial charge is 0.495 e. The van der Waals surface area contributed by atoms with E-state index in [1.54, 1.807) is 12.1 Å². The first-order valence-corrected chi connectivity index (χ1v) is 13.8. The zero-order valence-electron chi connectivity index (χ0n) is 20.8. The van der Waals surface area contributed by atoms with Crippen LogP contribution in [-0.2, 0) is 21.4 Å². The Morgan fingerprint density at radius 1 is 0.972 bits per heavy atom. The van der Waals surface area contributed by atoms with E-state index >= 15 is 0 Å². The summed E-state index contributed by atoms with van der Waals surface area (Å²) in [6, 6.07) is 11.2. The standard InChI is InChI=1S/C26H33N3O6S/c1-19-3-5-23(33-2)25(15-19)36(31,32)29-9-7-21(8-10-29)26(30)28-13-11-27(12-14-28)17-20-4-6-22-24(16-20)35-18-34-22/h3-6,15-16,21H,7-14,17-18H2,1-2H3. The van der Waals surface area contributed by atoms with Gasteiger partial charge in [0, 0.05) is 51.7 Å². The molecule has 3 aliphatic heterocycles. The molecule has 2 aromatic rings. The molecule has 0 atom stereocenters. The van der Waals surface area contributed by atoms with Gasteiger partial charge in [-0.05, 0) is 55.2 Å². The Labute approximate surface area is 212 Å². The minimum Gasteiger partial charge on any atom is -0.495 e. The fourth-order valence-corrected chi connectivity index (χ4v) is 6.86. The van der Waals surface area contributed by atoms with Gasteiger partial charge in [-0.2, -0.15) is 4.31 Å². The maximum Gasteiger partial charge on any atom is 0.246 e. The highest BCUT2D eigenvalue weighted by molar-refractivity contribution is 7.89. The van der Waals surface area contributed by atoms with E-state index in [-0.39, 0.29) is 23.5 Å². The molecule has 0 aliphatic carbocycles. The predicted molar refractivity (Wildman–Crippen MR) is 134 cm³/mol. The lowest BCUT2D eigenvalue weighted by atomic mass is 9.96. The van der Waals surface area contributed by atoms with Gasteiger partial charge in [0.05, 0.1) is 7.11 Å². The van der Waals surface area contributed by atoms with Gasteiger partial charge in [-0.3, -0.25) is 9.69 Å². The summed E-state index contributed by atoms with van der Waals surface area (Å²) in [4.78, 5) is 17.7. The first-order valence-electron chi connectivity index (χ1n) is 12.4. The quantitative estimate of drug-likeness (QED) is 0.584. The Kier molecular flexibility index (Phi) is 7.09. The number of rotatable bonds is 6. The molecule has 2 fully saturated rings. The third-order valence-corrected chi connectivity index (χ3v) is 9.19. The van der Waals surface area contributed by atoms with Gasteiger partial charge in [0.2, 0.25) is 22.7 Å². The molecular weight excluding hydrogens is 482 g/mol. The third-order valence-electron chi connectivity index (χ3n) is 7.27. The van der Waals surface area contributed by atoms with Gasteiger partial charge >= 0.3 is 0 Å². The van der Waals surface area contributed by atoms with Crippen LogP contribution in [0.15, 0.2) is 41.3 Å². The van der Waals surface area contributed by atoms with Crippen LogP contribution in [0.3, 0.4) is 0 Å². The second-order valence-electron chi connectivity index (χ2n) is 9.62. The summed E-state index contributed by atoms with van der Waals surface area (Å²) < 4.78 is 44.2. The lowest BCUT2D eigenvalue weighted by molar-refractivity contribution is -0.138. The maximum atomic E-state index is 13.3. The monoisotopic (exact) mass is 515 g/mol. The smallest absolute Gasteiger partial charge is 0.246 e. The minimum absolute atomic E-state index is 0.142. The molecule has 0 aromatic heterocycles. The maximum absolute atomic E-state index is 13.3. The Bertz CT molecular complexity index is 1220. The Hall–Kier alpha value is -2.82. The van der Waals surface area contributed by atoms with Crippen LogP contribution in [0.5, 0.6) is 17.2 Å². The molecule has 5 rings (SSSR count). The molecule has 10 heteroatoms. The van der Waals surface area contributed by atoms with Crippen LogP contribution in [0.4, 0.5) is 0 Å². The van der Waals surface area contributed by atoms with Gasteiger partial charge in [-0.25, -0.2) is 8.42 Å². The minimum atomic E-state index is -3.68. The van der Waals surface area contributed by atoms with Crippen LogP contribution in [-0.4, -0.2) is 81.6 Å². The zero-order valence-corrected chi connectivity index (χ0v) is 21.6. The second-order valence-corrected chi connectivity index (χ2v) is 11.5. The van der Waals surface area contributed by atoms with Crippen molar-refractivity contribution >= 4 is 15.9 Å². The molecule has 1 amide bonds. The van der Waals surface area contributed by atoms with E-state index in [1.165, 1.54) is 11.4 Å². The summed E-state index contributed by atoms with van der Waals surface area (Å²) in [7, 11) is -2.21. The Morgan fingerprint density at radius 3 is 2.42 bits per heavy atom. The summed E-state index contributed by atoms with van der Waals surface area (Å²) in [6.07, 6.45) is 1.06. The number of methoxy groups -OCH3 is 1. The highest BCUT2D eigenvalue weighted by atomic mass is 32.2. The number of piperidine rings is 1. The molecule has 2 saturated heterocycles. The van der Waals surface area contributed by atoms with E-state index < -0.39 is 10.0 Å². The van der Waals surface area contributed by atoms with E-state index in [2.05, 4.69) is 11.0 Å². The number of hydrogen-bond donors (Lipinski definition) is 0. The number of aryl methyl sites for hydroxylation is 1. The number of fused-ring (bicyclic) bond motifs is 1. The van der Waals surface area contributed by atoms with E-state index in [0.29, 0.717) is 44.8 Å². The summed E-state index contributed by atoms with van der Waals surface area (Å²) in [6.45, 7) is 6.58. The number of amides is 1. The van der Waals surface area contributed by atoms with Gasteiger partial charge in [0.25, 0.3) is 0 Å². The Balaban J connectivity index is 1.13. The molecule has 0 bridgehead atoms. The van der Waals surface area contributed by atoms with Crippen molar-refractivity contribution in [3.05, 3.63) is 47.5 Å². The van der Waals surface area contributed by atoms with Crippen molar-refractivity contribution in [2.45, 2.75) is 31.2 Å². The number of ether oxygens (including phenoxy) is 3. The van der Waals surface area contributed by atoms with Gasteiger partial charge in [-0.15, -0.1) is 0 Å². The molecule has 0 unspecified atom stereocenters. The van der Waals surface area contributed by atoms with Crippen LogP contribution >= 0.6 is 0 Å². The van der Waals surface area contributed by atoms with Gasteiger partial charge in [-0.1, -0.05) is 12.1 Å². The number of piperazine rings is 1. The summed E-state index contributed by atoms with van der Waals surface area (Å²) >= 11 is 0. The van der Waals surface area contributed by atoms with Crippen molar-refractivity contribution in [1.82, 2.24) is 14.1 Å². The lowest BCUT2D eigenvalue weighted by Crippen LogP contribution is -2.51. The highest BCUT2D eigenvalue weighted by Crippen LogP contribution is 2.33. The molecule has 36 heavy (non-hydrogen) atoms. The fourth-order valence-electron chi connectivity index (χ4n) is 5.15. The van der Waals surface area contributed by atoms with E-state index in [9.17, 15) is 13.2 Å². The summed E-state index contributed by atoms with van der Waals surface area (Å²) in [5.74, 6) is 1.91. The van der Waals surface area contributed by atoms with Gasteiger partial charge in [0.1, 0.15) is 10.6 Å². The molecule has 3 aliphatic rings. The number of carbonyl (C=O) groups excluding carboxylic acids is 1. The third kappa shape index (κ3) is 5.02. The average molecular weight is 516 g/mol. The molecule has 3 heterocycles. The average Bonchev–Trinajstić information content (AvgIpc) is 3.37. The first kappa shape index (κ1) is 24.9. The van der Waals surface area contributed by atoms with Crippen molar-refractivity contribution in [3.8, 4) is 17.2 Å². The molecule has 9 nitrogen and oxygen atoms in total. The fraction of sp³-hybridized carbons (Fsp3) is 0.500. The topological polar surface area (TPSA) is 88.6 Å². The SMILES string of the molecule is COc1ccc(C)cc1S(=O)(=O)N1CCC(C(=O)N2CCN(Cc3ccc4c(c3)OCO4)CC2)CC1. The molecule has 2 aromatic carbocycles. The summed E-state index contributed by atoms with van der Waals surface area (Å²) in [5.41, 5.74) is 2.02. The lowest BCUT2D eigenvalue weighted by Gasteiger charge is -2.38. The molecular formula is C26H33N3O6S. The number of sulfonamides is 1. The van der Waals surface area contributed by atoms with Crippen LogP contribution in [0, 0.1) is 12.8 Å². The van der Waals surface area contributed by atoms with Gasteiger partial charge in [0.15, 0.2) is 11.5 Å². The van der Waals surface area contributed by atoms with Crippen LogP contribution in [0.25, 0.3) is 0 Å². The summed E-state index contributed by atoms with van der Waals surface area (Å²) in [5, 5.41) is 0.